The predicted octanol–water partition coefficient (Wildman–Crippen LogP) is 2.98. The Kier molecular flexibility index (Phi) is 4.90. The van der Waals surface area contributed by atoms with Crippen molar-refractivity contribution in [2.45, 2.75) is 26.7 Å². The minimum absolute atomic E-state index is 0.699. The fourth-order valence-electron chi connectivity index (χ4n) is 1.63. The summed E-state index contributed by atoms with van der Waals surface area (Å²) < 4.78 is 5.69. The summed E-state index contributed by atoms with van der Waals surface area (Å²) in [4.78, 5) is 9.35. The van der Waals surface area contributed by atoms with Crippen LogP contribution in [-0.4, -0.2) is 23.1 Å². The third-order valence-electron chi connectivity index (χ3n) is 2.53. The normalized spacial score (nSPS) is 11.3. The van der Waals surface area contributed by atoms with Crippen LogP contribution in [0.25, 0.3) is 10.6 Å². The van der Waals surface area contributed by atoms with Gasteiger partial charge < -0.3 is 9.73 Å². The molecule has 0 amide bonds. The standard InChI is InChI=1S/C13H19N3OS/c1-10(2)6-14-5-3-4-13-16-7-11(17-13)12-8-15-9-18-12/h7-10,14H,3-6H2,1-2H3. The zero-order valence-corrected chi connectivity index (χ0v) is 11.7. The Hall–Kier alpha value is -1.20. The van der Waals surface area contributed by atoms with Gasteiger partial charge in [0.05, 0.1) is 16.6 Å². The second kappa shape index (κ2) is 6.66. The van der Waals surface area contributed by atoms with Crippen LogP contribution in [0.15, 0.2) is 22.3 Å². The Labute approximate surface area is 111 Å². The average Bonchev–Trinajstić information content (AvgIpc) is 2.98. The summed E-state index contributed by atoms with van der Waals surface area (Å²) in [6.07, 6.45) is 5.52. The van der Waals surface area contributed by atoms with E-state index in [2.05, 4.69) is 29.1 Å². The molecule has 0 fully saturated rings. The van der Waals surface area contributed by atoms with Crippen molar-refractivity contribution in [3.63, 3.8) is 0 Å². The molecule has 98 valence electrons. The summed E-state index contributed by atoms with van der Waals surface area (Å²) in [7, 11) is 0. The summed E-state index contributed by atoms with van der Waals surface area (Å²) in [5, 5.41) is 3.41. The predicted molar refractivity (Wildman–Crippen MR) is 73.6 cm³/mol. The molecule has 0 aromatic carbocycles. The molecule has 0 radical (unpaired) electrons. The number of hydrogen-bond donors (Lipinski definition) is 1. The van der Waals surface area contributed by atoms with Gasteiger partial charge in [-0.15, -0.1) is 11.3 Å². The summed E-state index contributed by atoms with van der Waals surface area (Å²) in [5.41, 5.74) is 1.80. The smallest absolute Gasteiger partial charge is 0.194 e. The molecule has 2 heterocycles. The maximum atomic E-state index is 5.69. The molecule has 2 aromatic heterocycles. The Morgan fingerprint density at radius 2 is 2.28 bits per heavy atom. The summed E-state index contributed by atoms with van der Waals surface area (Å²) in [5.74, 6) is 2.33. The molecule has 5 heteroatoms. The first-order valence-corrected chi connectivity index (χ1v) is 7.18. The highest BCUT2D eigenvalue weighted by Crippen LogP contribution is 2.23. The van der Waals surface area contributed by atoms with Crippen molar-refractivity contribution in [1.29, 1.82) is 0 Å². The van der Waals surface area contributed by atoms with Gasteiger partial charge in [-0.3, -0.25) is 4.98 Å². The van der Waals surface area contributed by atoms with Gasteiger partial charge in [-0.05, 0) is 25.4 Å². The molecule has 0 aliphatic heterocycles. The maximum Gasteiger partial charge on any atom is 0.194 e. The first-order valence-electron chi connectivity index (χ1n) is 6.30. The van der Waals surface area contributed by atoms with E-state index >= 15 is 0 Å². The third-order valence-corrected chi connectivity index (χ3v) is 3.31. The van der Waals surface area contributed by atoms with Crippen LogP contribution < -0.4 is 5.32 Å². The summed E-state index contributed by atoms with van der Waals surface area (Å²) in [6, 6.07) is 0. The van der Waals surface area contributed by atoms with Crippen molar-refractivity contribution in [3.8, 4) is 10.6 Å². The second-order valence-electron chi connectivity index (χ2n) is 4.69. The molecule has 1 N–H and O–H groups in total. The molecule has 2 rings (SSSR count). The van der Waals surface area contributed by atoms with Crippen molar-refractivity contribution < 1.29 is 4.42 Å². The van der Waals surface area contributed by atoms with E-state index in [1.165, 1.54) is 0 Å². The lowest BCUT2D eigenvalue weighted by Gasteiger charge is -2.05. The number of aryl methyl sites for hydroxylation is 1. The SMILES string of the molecule is CC(C)CNCCCc1ncc(-c2cncs2)o1. The first-order chi connectivity index (χ1) is 8.75. The molecule has 0 saturated heterocycles. The van der Waals surface area contributed by atoms with Crippen molar-refractivity contribution in [2.75, 3.05) is 13.1 Å². The second-order valence-corrected chi connectivity index (χ2v) is 5.57. The van der Waals surface area contributed by atoms with Gasteiger partial charge in [0, 0.05) is 12.6 Å². The Morgan fingerprint density at radius 3 is 3.00 bits per heavy atom. The number of nitrogens with one attached hydrogen (secondary N) is 1. The van der Waals surface area contributed by atoms with Crippen LogP contribution in [-0.2, 0) is 6.42 Å². The molecule has 0 bridgehead atoms. The highest BCUT2D eigenvalue weighted by Gasteiger charge is 2.07. The number of hydrogen-bond acceptors (Lipinski definition) is 5. The number of thiazole rings is 1. The highest BCUT2D eigenvalue weighted by molar-refractivity contribution is 7.13. The minimum atomic E-state index is 0.699. The number of nitrogens with zero attached hydrogens (tertiary/aromatic N) is 2. The summed E-state index contributed by atoms with van der Waals surface area (Å²) >= 11 is 1.57. The zero-order valence-electron chi connectivity index (χ0n) is 10.8. The van der Waals surface area contributed by atoms with Gasteiger partial charge in [-0.1, -0.05) is 13.8 Å². The van der Waals surface area contributed by atoms with Crippen LogP contribution >= 0.6 is 11.3 Å². The van der Waals surface area contributed by atoms with Gasteiger partial charge in [-0.2, -0.15) is 0 Å². The molecule has 0 atom stereocenters. The Balaban J connectivity index is 1.74. The van der Waals surface area contributed by atoms with Crippen LogP contribution in [0.2, 0.25) is 0 Å². The van der Waals surface area contributed by atoms with Crippen molar-refractivity contribution in [2.24, 2.45) is 5.92 Å². The molecule has 0 spiro atoms. The van der Waals surface area contributed by atoms with Crippen LogP contribution in [0.4, 0.5) is 0 Å². The average molecular weight is 265 g/mol. The molecule has 0 aliphatic carbocycles. The van der Waals surface area contributed by atoms with E-state index in [4.69, 9.17) is 4.42 Å². The fourth-order valence-corrected chi connectivity index (χ4v) is 2.20. The topological polar surface area (TPSA) is 51.0 Å². The summed E-state index contributed by atoms with van der Waals surface area (Å²) in [6.45, 7) is 6.50. The van der Waals surface area contributed by atoms with Gasteiger partial charge in [-0.25, -0.2) is 4.98 Å². The molecule has 18 heavy (non-hydrogen) atoms. The van der Waals surface area contributed by atoms with E-state index in [9.17, 15) is 0 Å². The highest BCUT2D eigenvalue weighted by atomic mass is 32.1. The first kappa shape index (κ1) is 13.2. The third kappa shape index (κ3) is 3.92. The van der Waals surface area contributed by atoms with E-state index in [-0.39, 0.29) is 0 Å². The fraction of sp³-hybridized carbons (Fsp3) is 0.538. The lowest BCUT2D eigenvalue weighted by atomic mass is 10.2. The maximum absolute atomic E-state index is 5.69. The largest absolute Gasteiger partial charge is 0.440 e. The Bertz CT molecular complexity index is 451. The van der Waals surface area contributed by atoms with E-state index in [1.807, 2.05) is 0 Å². The lowest BCUT2D eigenvalue weighted by Crippen LogP contribution is -2.21. The van der Waals surface area contributed by atoms with Gasteiger partial charge >= 0.3 is 0 Å². The van der Waals surface area contributed by atoms with E-state index in [0.717, 1.165) is 42.5 Å². The van der Waals surface area contributed by atoms with Gasteiger partial charge in [0.15, 0.2) is 11.7 Å². The van der Waals surface area contributed by atoms with Gasteiger partial charge in [0.25, 0.3) is 0 Å². The molecular formula is C13H19N3OS. The van der Waals surface area contributed by atoms with Crippen LogP contribution in [0.5, 0.6) is 0 Å². The molecule has 4 nitrogen and oxygen atoms in total. The van der Waals surface area contributed by atoms with E-state index in [0.29, 0.717) is 5.92 Å². The molecular weight excluding hydrogens is 246 g/mol. The van der Waals surface area contributed by atoms with Crippen molar-refractivity contribution >= 4 is 11.3 Å². The zero-order chi connectivity index (χ0) is 12.8. The van der Waals surface area contributed by atoms with E-state index in [1.54, 1.807) is 29.2 Å². The molecule has 0 aliphatic rings. The lowest BCUT2D eigenvalue weighted by molar-refractivity contribution is 0.484. The number of aromatic nitrogens is 2. The van der Waals surface area contributed by atoms with Crippen LogP contribution in [0, 0.1) is 5.92 Å². The monoisotopic (exact) mass is 265 g/mol. The van der Waals surface area contributed by atoms with E-state index < -0.39 is 0 Å². The minimum Gasteiger partial charge on any atom is -0.440 e. The Morgan fingerprint density at radius 1 is 1.39 bits per heavy atom. The molecule has 2 aromatic rings. The van der Waals surface area contributed by atoms with Crippen molar-refractivity contribution in [1.82, 2.24) is 15.3 Å². The quantitative estimate of drug-likeness (QED) is 0.782. The van der Waals surface area contributed by atoms with Crippen LogP contribution in [0.3, 0.4) is 0 Å². The van der Waals surface area contributed by atoms with Crippen molar-refractivity contribution in [3.05, 3.63) is 23.8 Å². The molecule has 0 unspecified atom stereocenters. The number of oxazole rings is 1. The van der Waals surface area contributed by atoms with Gasteiger partial charge in [0.2, 0.25) is 0 Å². The number of rotatable bonds is 7. The van der Waals surface area contributed by atoms with Gasteiger partial charge in [0.1, 0.15) is 0 Å². The molecule has 0 saturated carbocycles. The van der Waals surface area contributed by atoms with Crippen LogP contribution in [0.1, 0.15) is 26.2 Å².